The van der Waals surface area contributed by atoms with Gasteiger partial charge in [-0.2, -0.15) is 0 Å². The van der Waals surface area contributed by atoms with E-state index in [9.17, 15) is 0 Å². The van der Waals surface area contributed by atoms with Gasteiger partial charge in [0.15, 0.2) is 0 Å². The molecule has 0 rings (SSSR count). The third-order valence-electron chi connectivity index (χ3n) is 1.91. The number of hydrogen-bond acceptors (Lipinski definition) is 1. The molecule has 104 valence electrons. The molecule has 0 amide bonds. The summed E-state index contributed by atoms with van der Waals surface area (Å²) in [7, 11) is 0. The molecule has 0 bridgehead atoms. The Labute approximate surface area is 106 Å². The van der Waals surface area contributed by atoms with E-state index in [1.807, 2.05) is 41.5 Å². The molecule has 0 radical (unpaired) electrons. The van der Waals surface area contributed by atoms with E-state index in [2.05, 4.69) is 27.7 Å². The molecule has 0 saturated carbocycles. The van der Waals surface area contributed by atoms with Gasteiger partial charge in [-0.1, -0.05) is 82.1 Å². The van der Waals surface area contributed by atoms with Crippen LogP contribution in [0.15, 0.2) is 0 Å². The van der Waals surface area contributed by atoms with Crippen molar-refractivity contribution in [3.05, 3.63) is 0 Å². The first-order valence-corrected chi connectivity index (χ1v) is 6.93. The van der Waals surface area contributed by atoms with Crippen LogP contribution in [0.4, 0.5) is 0 Å². The van der Waals surface area contributed by atoms with Gasteiger partial charge in [0.1, 0.15) is 6.29 Å². The van der Waals surface area contributed by atoms with Gasteiger partial charge < -0.3 is 4.79 Å². The van der Waals surface area contributed by atoms with E-state index in [1.165, 1.54) is 19.8 Å². The first kappa shape index (κ1) is 29.6. The van der Waals surface area contributed by atoms with Gasteiger partial charge in [-0.05, 0) is 12.3 Å². The predicted octanol–water partition coefficient (Wildman–Crippen LogP) is 6.12. The summed E-state index contributed by atoms with van der Waals surface area (Å²) in [6.07, 6.45) is 3.34. The minimum atomic E-state index is 0.583. The fraction of sp³-hybridized carbons (Fsp3) is 0.933. The van der Waals surface area contributed by atoms with Crippen LogP contribution in [0.2, 0.25) is 0 Å². The van der Waals surface area contributed by atoms with Crippen molar-refractivity contribution in [1.82, 2.24) is 0 Å². The molecule has 0 N–H and O–H groups in total. The fourth-order valence-electron chi connectivity index (χ4n) is 0.250. The second kappa shape index (κ2) is 36.5. The number of carbonyl (C=O) groups excluding carboxylic acids is 1. The highest BCUT2D eigenvalue weighted by molar-refractivity contribution is 5.44. The molecular formula is C15H38O. The Morgan fingerprint density at radius 3 is 0.938 bits per heavy atom. The minimum absolute atomic E-state index is 0.583. The largest absolute Gasteiger partial charge is 0.304 e. The summed E-state index contributed by atoms with van der Waals surface area (Å²) < 4.78 is 0. The van der Waals surface area contributed by atoms with Crippen LogP contribution < -0.4 is 0 Å². The normalized spacial score (nSPS) is 7.19. The minimum Gasteiger partial charge on any atom is -0.304 e. The quantitative estimate of drug-likeness (QED) is 0.526. The number of carbonyl (C=O) groups is 1. The zero-order chi connectivity index (χ0) is 14.6. The van der Waals surface area contributed by atoms with Gasteiger partial charge in [-0.25, -0.2) is 0 Å². The lowest BCUT2D eigenvalue weighted by Gasteiger charge is -2.18. The van der Waals surface area contributed by atoms with Crippen molar-refractivity contribution >= 4 is 6.29 Å². The summed E-state index contributed by atoms with van der Waals surface area (Å²) in [5.41, 5.74) is 0.583. The van der Waals surface area contributed by atoms with E-state index >= 15 is 0 Å². The monoisotopic (exact) mass is 234 g/mol. The molecule has 0 fully saturated rings. The molecule has 0 spiro atoms. The van der Waals surface area contributed by atoms with Crippen molar-refractivity contribution in [2.45, 2.75) is 89.0 Å². The highest BCUT2D eigenvalue weighted by atomic mass is 16.1. The average molecular weight is 234 g/mol. The lowest BCUT2D eigenvalue weighted by Crippen LogP contribution is -2.05. The van der Waals surface area contributed by atoms with E-state index < -0.39 is 0 Å². The Kier molecular flexibility index (Phi) is 67.5. The Hall–Kier alpha value is -0.330. The van der Waals surface area contributed by atoms with Crippen LogP contribution in [-0.4, -0.2) is 6.29 Å². The molecule has 1 nitrogen and oxygen atoms in total. The maximum absolute atomic E-state index is 8.81. The van der Waals surface area contributed by atoms with Crippen LogP contribution >= 0.6 is 0 Å². The molecule has 0 saturated heterocycles. The SMILES string of the molecule is CC.CC.CC.CC=O.CCC(C)(C)CC. The van der Waals surface area contributed by atoms with Gasteiger partial charge in [0.2, 0.25) is 0 Å². The van der Waals surface area contributed by atoms with Crippen molar-refractivity contribution in [2.75, 3.05) is 0 Å². The molecular weight excluding hydrogens is 196 g/mol. The van der Waals surface area contributed by atoms with Gasteiger partial charge in [0.25, 0.3) is 0 Å². The van der Waals surface area contributed by atoms with Gasteiger partial charge in [-0.15, -0.1) is 0 Å². The molecule has 0 atom stereocenters. The summed E-state index contributed by atoms with van der Waals surface area (Å²) in [4.78, 5) is 8.81. The summed E-state index contributed by atoms with van der Waals surface area (Å²) in [5.74, 6) is 0. The Bertz CT molecular complexity index is 69.5. The summed E-state index contributed by atoms with van der Waals surface area (Å²) in [6.45, 7) is 22.5. The fourth-order valence-corrected chi connectivity index (χ4v) is 0.250. The first-order valence-electron chi connectivity index (χ1n) is 6.93. The van der Waals surface area contributed by atoms with Crippen molar-refractivity contribution in [2.24, 2.45) is 5.41 Å². The maximum Gasteiger partial charge on any atom is 0.116 e. The van der Waals surface area contributed by atoms with Crippen LogP contribution in [0.3, 0.4) is 0 Å². The molecule has 0 aromatic rings. The average Bonchev–Trinajstić information content (AvgIpc) is 2.37. The predicted molar refractivity (Wildman–Crippen MR) is 80.1 cm³/mol. The van der Waals surface area contributed by atoms with Crippen molar-refractivity contribution in [3.63, 3.8) is 0 Å². The second-order valence-corrected chi connectivity index (χ2v) is 3.11. The third kappa shape index (κ3) is 68.3. The zero-order valence-corrected chi connectivity index (χ0v) is 13.9. The number of aldehydes is 1. The van der Waals surface area contributed by atoms with Crippen LogP contribution in [0.5, 0.6) is 0 Å². The van der Waals surface area contributed by atoms with Gasteiger partial charge in [0.05, 0.1) is 0 Å². The summed E-state index contributed by atoms with van der Waals surface area (Å²) in [5, 5.41) is 0. The Morgan fingerprint density at radius 1 is 0.812 bits per heavy atom. The molecule has 0 heterocycles. The molecule has 0 aliphatic carbocycles. The van der Waals surface area contributed by atoms with E-state index in [4.69, 9.17) is 4.79 Å². The number of hydrogen-bond donors (Lipinski definition) is 0. The number of rotatable bonds is 2. The van der Waals surface area contributed by atoms with E-state index in [1.54, 1.807) is 0 Å². The first-order chi connectivity index (χ1) is 7.54. The van der Waals surface area contributed by atoms with E-state index in [-0.39, 0.29) is 0 Å². The van der Waals surface area contributed by atoms with Crippen molar-refractivity contribution < 1.29 is 4.79 Å². The Morgan fingerprint density at radius 2 is 0.938 bits per heavy atom. The zero-order valence-electron chi connectivity index (χ0n) is 13.9. The summed E-state index contributed by atoms with van der Waals surface area (Å²) >= 11 is 0. The highest BCUT2D eigenvalue weighted by Crippen LogP contribution is 2.22. The lowest BCUT2D eigenvalue weighted by atomic mass is 9.88. The molecule has 0 aliphatic rings. The van der Waals surface area contributed by atoms with Crippen LogP contribution in [0.25, 0.3) is 0 Å². The van der Waals surface area contributed by atoms with E-state index in [0.29, 0.717) is 5.41 Å². The second-order valence-electron chi connectivity index (χ2n) is 3.11. The molecule has 0 aromatic heterocycles. The van der Waals surface area contributed by atoms with Gasteiger partial charge in [0, 0.05) is 0 Å². The van der Waals surface area contributed by atoms with Crippen molar-refractivity contribution in [1.29, 1.82) is 0 Å². The van der Waals surface area contributed by atoms with Crippen LogP contribution in [-0.2, 0) is 4.79 Å². The smallest absolute Gasteiger partial charge is 0.116 e. The summed E-state index contributed by atoms with van der Waals surface area (Å²) in [6, 6.07) is 0. The molecule has 0 aromatic carbocycles. The highest BCUT2D eigenvalue weighted by Gasteiger charge is 2.09. The molecule has 1 heteroatoms. The topological polar surface area (TPSA) is 17.1 Å². The standard InChI is InChI=1S/C7H16.C2H4O.3C2H6/c1-5-7(3,4)6-2;1-2-3;3*1-2/h5-6H2,1-4H3;2H,1H3;3*1-2H3. The lowest BCUT2D eigenvalue weighted by molar-refractivity contribution is -0.106. The molecule has 0 aliphatic heterocycles. The van der Waals surface area contributed by atoms with E-state index in [0.717, 1.165) is 6.29 Å². The third-order valence-corrected chi connectivity index (χ3v) is 1.91. The van der Waals surface area contributed by atoms with Gasteiger partial charge >= 0.3 is 0 Å². The maximum atomic E-state index is 8.81. The van der Waals surface area contributed by atoms with Crippen LogP contribution in [0.1, 0.15) is 89.0 Å². The van der Waals surface area contributed by atoms with Gasteiger partial charge in [-0.3, -0.25) is 0 Å². The van der Waals surface area contributed by atoms with Crippen molar-refractivity contribution in [3.8, 4) is 0 Å². The molecule has 0 unspecified atom stereocenters. The van der Waals surface area contributed by atoms with Crippen LogP contribution in [0, 0.1) is 5.41 Å². The Balaban J connectivity index is -0.0000000379. The molecule has 16 heavy (non-hydrogen) atoms.